The van der Waals surface area contributed by atoms with Gasteiger partial charge in [0.1, 0.15) is 11.8 Å². The number of para-hydroxylation sites is 1. The van der Waals surface area contributed by atoms with E-state index in [0.717, 1.165) is 5.56 Å². The minimum atomic E-state index is -0.336. The maximum absolute atomic E-state index is 12.4. The molecule has 1 aromatic heterocycles. The standard InChI is InChI=1S/C20H15N5O3/c21-10-14-3-1-2-4-15(14)24-20-22-8-7-16(25-20)19(26)23-11-13-5-6-17-18(9-13)28-12-27-17/h1-9H,11-12H2,(H,23,26)(H,22,24,25). The molecule has 2 aromatic carbocycles. The highest BCUT2D eigenvalue weighted by molar-refractivity contribution is 5.92. The van der Waals surface area contributed by atoms with Gasteiger partial charge in [-0.25, -0.2) is 9.97 Å². The lowest BCUT2D eigenvalue weighted by atomic mass is 10.2. The molecule has 0 bridgehead atoms. The fourth-order valence-electron chi connectivity index (χ4n) is 2.68. The van der Waals surface area contributed by atoms with Crippen LogP contribution in [-0.2, 0) is 6.54 Å². The zero-order chi connectivity index (χ0) is 19.3. The van der Waals surface area contributed by atoms with Gasteiger partial charge in [0.05, 0.1) is 11.3 Å². The summed E-state index contributed by atoms with van der Waals surface area (Å²) in [6.07, 6.45) is 1.49. The summed E-state index contributed by atoms with van der Waals surface area (Å²) >= 11 is 0. The zero-order valence-corrected chi connectivity index (χ0v) is 14.7. The predicted octanol–water partition coefficient (Wildman–Crippen LogP) is 2.75. The molecule has 3 aromatic rings. The number of nitrogens with zero attached hydrogens (tertiary/aromatic N) is 3. The molecule has 28 heavy (non-hydrogen) atoms. The van der Waals surface area contributed by atoms with Crippen molar-refractivity contribution >= 4 is 17.5 Å². The van der Waals surface area contributed by atoms with Crippen LogP contribution in [0, 0.1) is 11.3 Å². The molecule has 0 atom stereocenters. The van der Waals surface area contributed by atoms with Crippen LogP contribution >= 0.6 is 0 Å². The number of hydrogen-bond donors (Lipinski definition) is 2. The molecule has 0 spiro atoms. The molecule has 2 N–H and O–H groups in total. The van der Waals surface area contributed by atoms with Gasteiger partial charge >= 0.3 is 0 Å². The quantitative estimate of drug-likeness (QED) is 0.708. The Kier molecular flexibility index (Phi) is 4.72. The lowest BCUT2D eigenvalue weighted by Crippen LogP contribution is -2.24. The van der Waals surface area contributed by atoms with E-state index in [0.29, 0.717) is 29.3 Å². The third-order valence-electron chi connectivity index (χ3n) is 4.07. The minimum Gasteiger partial charge on any atom is -0.454 e. The predicted molar refractivity (Wildman–Crippen MR) is 100 cm³/mol. The lowest BCUT2D eigenvalue weighted by Gasteiger charge is -2.09. The number of ether oxygens (including phenoxy) is 2. The van der Waals surface area contributed by atoms with Crippen LogP contribution in [0.25, 0.3) is 0 Å². The van der Waals surface area contributed by atoms with Crippen LogP contribution in [0.3, 0.4) is 0 Å². The summed E-state index contributed by atoms with van der Waals surface area (Å²) < 4.78 is 10.6. The second kappa shape index (κ2) is 7.63. The van der Waals surface area contributed by atoms with Crippen LogP contribution in [0.5, 0.6) is 11.5 Å². The molecule has 1 aliphatic rings. The number of hydrogen-bond acceptors (Lipinski definition) is 7. The van der Waals surface area contributed by atoms with Crippen LogP contribution in [0.4, 0.5) is 11.6 Å². The molecule has 0 saturated carbocycles. The molecule has 0 unspecified atom stereocenters. The first-order valence-corrected chi connectivity index (χ1v) is 8.49. The van der Waals surface area contributed by atoms with Gasteiger partial charge in [0.2, 0.25) is 12.7 Å². The number of fused-ring (bicyclic) bond motifs is 1. The Morgan fingerprint density at radius 1 is 1.14 bits per heavy atom. The number of amides is 1. The maximum atomic E-state index is 12.4. The third-order valence-corrected chi connectivity index (χ3v) is 4.07. The van der Waals surface area contributed by atoms with Crippen molar-refractivity contribution in [3.05, 3.63) is 71.5 Å². The van der Waals surface area contributed by atoms with Gasteiger partial charge in [0.25, 0.3) is 5.91 Å². The van der Waals surface area contributed by atoms with E-state index in [1.54, 1.807) is 24.3 Å². The molecule has 1 amide bonds. The van der Waals surface area contributed by atoms with Crippen LogP contribution in [0.1, 0.15) is 21.6 Å². The number of anilines is 2. The Labute approximate surface area is 160 Å². The highest BCUT2D eigenvalue weighted by Gasteiger charge is 2.14. The molecule has 8 nitrogen and oxygen atoms in total. The second-order valence-electron chi connectivity index (χ2n) is 5.92. The van der Waals surface area contributed by atoms with E-state index in [9.17, 15) is 4.79 Å². The van der Waals surface area contributed by atoms with Crippen molar-refractivity contribution in [1.29, 1.82) is 5.26 Å². The van der Waals surface area contributed by atoms with Crippen molar-refractivity contribution in [2.75, 3.05) is 12.1 Å². The van der Waals surface area contributed by atoms with E-state index in [1.807, 2.05) is 18.2 Å². The van der Waals surface area contributed by atoms with Gasteiger partial charge in [0.15, 0.2) is 11.5 Å². The molecular weight excluding hydrogens is 358 g/mol. The van der Waals surface area contributed by atoms with Crippen molar-refractivity contribution in [3.8, 4) is 17.6 Å². The smallest absolute Gasteiger partial charge is 0.270 e. The SMILES string of the molecule is N#Cc1ccccc1Nc1nccc(C(=O)NCc2ccc3c(c2)OCO3)n1. The van der Waals surface area contributed by atoms with E-state index in [-0.39, 0.29) is 24.3 Å². The Bertz CT molecular complexity index is 1080. The molecule has 2 heterocycles. The summed E-state index contributed by atoms with van der Waals surface area (Å²) in [7, 11) is 0. The molecule has 0 aliphatic carbocycles. The Morgan fingerprint density at radius 3 is 2.89 bits per heavy atom. The first-order valence-electron chi connectivity index (χ1n) is 8.49. The molecule has 0 saturated heterocycles. The molecular formula is C20H15N5O3. The van der Waals surface area contributed by atoms with E-state index in [2.05, 4.69) is 26.7 Å². The van der Waals surface area contributed by atoms with E-state index >= 15 is 0 Å². The Balaban J connectivity index is 1.43. The van der Waals surface area contributed by atoms with E-state index in [4.69, 9.17) is 14.7 Å². The average Bonchev–Trinajstić information content (AvgIpc) is 3.20. The van der Waals surface area contributed by atoms with Gasteiger partial charge in [-0.15, -0.1) is 0 Å². The van der Waals surface area contributed by atoms with Crippen molar-refractivity contribution in [1.82, 2.24) is 15.3 Å². The van der Waals surface area contributed by atoms with E-state index < -0.39 is 0 Å². The van der Waals surface area contributed by atoms with Crippen LogP contribution in [0.15, 0.2) is 54.7 Å². The summed E-state index contributed by atoms with van der Waals surface area (Å²) in [4.78, 5) is 20.8. The average molecular weight is 373 g/mol. The number of nitrogens with one attached hydrogen (secondary N) is 2. The normalized spacial score (nSPS) is 11.5. The van der Waals surface area contributed by atoms with Gasteiger partial charge < -0.3 is 20.1 Å². The van der Waals surface area contributed by atoms with Crippen molar-refractivity contribution in [2.45, 2.75) is 6.54 Å². The van der Waals surface area contributed by atoms with Gasteiger partial charge in [-0.2, -0.15) is 5.26 Å². The van der Waals surface area contributed by atoms with Crippen molar-refractivity contribution in [3.63, 3.8) is 0 Å². The Morgan fingerprint density at radius 2 is 2.00 bits per heavy atom. The largest absolute Gasteiger partial charge is 0.454 e. The third kappa shape index (κ3) is 3.68. The number of nitriles is 1. The van der Waals surface area contributed by atoms with Crippen LogP contribution < -0.4 is 20.1 Å². The minimum absolute atomic E-state index is 0.205. The van der Waals surface area contributed by atoms with Crippen LogP contribution in [-0.4, -0.2) is 22.7 Å². The Hall–Kier alpha value is -4.12. The zero-order valence-electron chi connectivity index (χ0n) is 14.7. The first-order chi connectivity index (χ1) is 13.7. The second-order valence-corrected chi connectivity index (χ2v) is 5.92. The summed E-state index contributed by atoms with van der Waals surface area (Å²) in [5, 5.41) is 14.9. The summed E-state index contributed by atoms with van der Waals surface area (Å²) in [5.74, 6) is 1.26. The number of carbonyl (C=O) groups excluding carboxylic acids is 1. The molecule has 1 aliphatic heterocycles. The summed E-state index contributed by atoms with van der Waals surface area (Å²) in [5.41, 5.74) is 2.13. The molecule has 138 valence electrons. The number of aromatic nitrogens is 2. The molecule has 0 fully saturated rings. The molecule has 8 heteroatoms. The van der Waals surface area contributed by atoms with Gasteiger partial charge in [-0.1, -0.05) is 18.2 Å². The van der Waals surface area contributed by atoms with Crippen molar-refractivity contribution in [2.24, 2.45) is 0 Å². The van der Waals surface area contributed by atoms with Crippen molar-refractivity contribution < 1.29 is 14.3 Å². The number of benzene rings is 2. The lowest BCUT2D eigenvalue weighted by molar-refractivity contribution is 0.0946. The monoisotopic (exact) mass is 373 g/mol. The number of carbonyl (C=O) groups is 1. The molecule has 0 radical (unpaired) electrons. The molecule has 4 rings (SSSR count). The first kappa shape index (κ1) is 17.3. The number of rotatable bonds is 5. The maximum Gasteiger partial charge on any atom is 0.270 e. The van der Waals surface area contributed by atoms with Gasteiger partial charge in [-0.3, -0.25) is 4.79 Å². The van der Waals surface area contributed by atoms with E-state index in [1.165, 1.54) is 12.3 Å². The van der Waals surface area contributed by atoms with Crippen LogP contribution in [0.2, 0.25) is 0 Å². The summed E-state index contributed by atoms with van der Waals surface area (Å²) in [6, 6.07) is 16.1. The van der Waals surface area contributed by atoms with Gasteiger partial charge in [0, 0.05) is 12.7 Å². The summed E-state index contributed by atoms with van der Waals surface area (Å²) in [6.45, 7) is 0.524. The fourth-order valence-corrected chi connectivity index (χ4v) is 2.68. The topological polar surface area (TPSA) is 109 Å². The highest BCUT2D eigenvalue weighted by Crippen LogP contribution is 2.32. The van der Waals surface area contributed by atoms with Gasteiger partial charge in [-0.05, 0) is 35.9 Å². The highest BCUT2D eigenvalue weighted by atomic mass is 16.7. The fraction of sp³-hybridized carbons (Fsp3) is 0.100.